The number of nitrogens with zero attached hydrogens (tertiary/aromatic N) is 2. The molecular formula is C58H36N2S. The first-order valence-electron chi connectivity index (χ1n) is 20.7. The van der Waals surface area contributed by atoms with Gasteiger partial charge in [-0.3, -0.25) is 0 Å². The maximum atomic E-state index is 5.30. The van der Waals surface area contributed by atoms with Crippen molar-refractivity contribution in [3.05, 3.63) is 218 Å². The zero-order valence-electron chi connectivity index (χ0n) is 33.1. The molecule has 0 aliphatic carbocycles. The fraction of sp³-hybridized carbons (Fsp3) is 0. The van der Waals surface area contributed by atoms with Crippen LogP contribution in [-0.4, -0.2) is 9.97 Å². The van der Waals surface area contributed by atoms with Gasteiger partial charge in [-0.05, 0) is 83.9 Å². The van der Waals surface area contributed by atoms with Gasteiger partial charge in [-0.15, -0.1) is 11.3 Å². The minimum atomic E-state index is 0.700. The van der Waals surface area contributed by atoms with Gasteiger partial charge < -0.3 is 0 Å². The minimum absolute atomic E-state index is 0.700. The van der Waals surface area contributed by atoms with Crippen LogP contribution in [0.3, 0.4) is 0 Å². The van der Waals surface area contributed by atoms with Crippen LogP contribution in [0.25, 0.3) is 120 Å². The summed E-state index contributed by atoms with van der Waals surface area (Å²) in [5.41, 5.74) is 12.1. The van der Waals surface area contributed by atoms with E-state index in [4.69, 9.17) is 9.97 Å². The van der Waals surface area contributed by atoms with Gasteiger partial charge in [0.2, 0.25) is 0 Å². The van der Waals surface area contributed by atoms with E-state index in [1.807, 2.05) is 17.4 Å². The molecule has 0 aliphatic heterocycles. The fourth-order valence-corrected chi connectivity index (χ4v) is 10.5. The van der Waals surface area contributed by atoms with Gasteiger partial charge >= 0.3 is 0 Å². The molecule has 0 amide bonds. The van der Waals surface area contributed by atoms with Crippen molar-refractivity contribution in [1.82, 2.24) is 9.97 Å². The zero-order chi connectivity index (χ0) is 40.3. The van der Waals surface area contributed by atoms with Crippen molar-refractivity contribution in [2.45, 2.75) is 0 Å². The summed E-state index contributed by atoms with van der Waals surface area (Å²) in [4.78, 5) is 10.6. The highest BCUT2D eigenvalue weighted by Gasteiger charge is 2.20. The summed E-state index contributed by atoms with van der Waals surface area (Å²) in [5.74, 6) is 0.700. The molecule has 12 rings (SSSR count). The predicted molar refractivity (Wildman–Crippen MR) is 260 cm³/mol. The monoisotopic (exact) mass is 792 g/mol. The van der Waals surface area contributed by atoms with Crippen molar-refractivity contribution in [2.75, 3.05) is 0 Å². The van der Waals surface area contributed by atoms with Gasteiger partial charge in [-0.25, -0.2) is 9.97 Å². The van der Waals surface area contributed by atoms with Crippen LogP contribution in [0.5, 0.6) is 0 Å². The topological polar surface area (TPSA) is 25.8 Å². The molecule has 0 unspecified atom stereocenters. The molecule has 0 saturated carbocycles. The highest BCUT2D eigenvalue weighted by atomic mass is 32.1. The van der Waals surface area contributed by atoms with Crippen LogP contribution >= 0.6 is 11.3 Å². The van der Waals surface area contributed by atoms with Gasteiger partial charge in [0.15, 0.2) is 5.82 Å². The second-order valence-electron chi connectivity index (χ2n) is 15.6. The standard InChI is InChI=1S/C58H36N2S/c1-3-17-39(18-4-1)55-47-25-12-11-24-46(47)54(49-35-34-37-16-7-8-21-42(37)57(49)55)40-32-30-38(31-33-40)50-36-51(60-58(59-50)41-19-5-2-6-20-41)44-23-10-9-22-43(44)45-27-15-29-53-56(45)48-26-13-14-28-52(48)61-53/h1-36H. The van der Waals surface area contributed by atoms with E-state index in [0.717, 1.165) is 33.6 Å². The van der Waals surface area contributed by atoms with Crippen LogP contribution in [-0.2, 0) is 0 Å². The summed E-state index contributed by atoms with van der Waals surface area (Å²) in [6, 6.07) is 78.6. The van der Waals surface area contributed by atoms with E-state index in [0.29, 0.717) is 5.82 Å². The van der Waals surface area contributed by atoms with E-state index in [1.54, 1.807) is 0 Å². The van der Waals surface area contributed by atoms with Gasteiger partial charge in [0.05, 0.1) is 11.4 Å². The quantitative estimate of drug-likeness (QED) is 0.124. The maximum absolute atomic E-state index is 5.30. The summed E-state index contributed by atoms with van der Waals surface area (Å²) in [7, 11) is 0. The molecule has 0 aliphatic rings. The zero-order valence-corrected chi connectivity index (χ0v) is 33.9. The normalized spacial score (nSPS) is 11.6. The summed E-state index contributed by atoms with van der Waals surface area (Å²) in [6.07, 6.45) is 0. The number of hydrogen-bond donors (Lipinski definition) is 0. The molecule has 2 aromatic heterocycles. The lowest BCUT2D eigenvalue weighted by atomic mass is 9.84. The average molecular weight is 793 g/mol. The summed E-state index contributed by atoms with van der Waals surface area (Å²) < 4.78 is 2.58. The first-order valence-corrected chi connectivity index (χ1v) is 21.6. The Labute approximate surface area is 357 Å². The molecule has 0 saturated heterocycles. The molecule has 61 heavy (non-hydrogen) atoms. The summed E-state index contributed by atoms with van der Waals surface area (Å²) >= 11 is 1.85. The highest BCUT2D eigenvalue weighted by Crippen LogP contribution is 2.47. The maximum Gasteiger partial charge on any atom is 0.160 e. The molecule has 0 atom stereocenters. The van der Waals surface area contributed by atoms with E-state index < -0.39 is 0 Å². The minimum Gasteiger partial charge on any atom is -0.228 e. The molecular weight excluding hydrogens is 757 g/mol. The van der Waals surface area contributed by atoms with Crippen molar-refractivity contribution in [2.24, 2.45) is 0 Å². The SMILES string of the molecule is c1ccc(-c2nc(-c3ccc(-c4c5ccccc5c(-c5ccccc5)c5c4ccc4ccccc45)cc3)cc(-c3ccccc3-c3cccc4sc5ccccc5c34)n2)cc1. The molecule has 10 aromatic carbocycles. The molecule has 2 nitrogen and oxygen atoms in total. The Hall–Kier alpha value is -7.72. The van der Waals surface area contributed by atoms with E-state index in [-0.39, 0.29) is 0 Å². The van der Waals surface area contributed by atoms with Crippen molar-refractivity contribution in [1.29, 1.82) is 0 Å². The predicted octanol–water partition coefficient (Wildman–Crippen LogP) is 16.3. The molecule has 12 aromatic rings. The number of rotatable bonds is 6. The van der Waals surface area contributed by atoms with Gasteiger partial charge in [-0.2, -0.15) is 0 Å². The smallest absolute Gasteiger partial charge is 0.160 e. The molecule has 0 fully saturated rings. The Morgan fingerprint density at radius 3 is 1.64 bits per heavy atom. The molecule has 0 radical (unpaired) electrons. The molecule has 0 spiro atoms. The summed E-state index contributed by atoms with van der Waals surface area (Å²) in [6.45, 7) is 0. The Morgan fingerprint density at radius 2 is 0.852 bits per heavy atom. The largest absolute Gasteiger partial charge is 0.228 e. The number of hydrogen-bond acceptors (Lipinski definition) is 3. The molecule has 0 bridgehead atoms. The van der Waals surface area contributed by atoms with Crippen LogP contribution < -0.4 is 0 Å². The third-order valence-electron chi connectivity index (χ3n) is 12.1. The van der Waals surface area contributed by atoms with Crippen LogP contribution in [0.15, 0.2) is 218 Å². The second kappa shape index (κ2) is 14.5. The average Bonchev–Trinajstić information content (AvgIpc) is 3.73. The molecule has 2 heterocycles. The van der Waals surface area contributed by atoms with Crippen LogP contribution in [0.1, 0.15) is 0 Å². The molecule has 0 N–H and O–H groups in total. The van der Waals surface area contributed by atoms with Crippen LogP contribution in [0.2, 0.25) is 0 Å². The molecule has 284 valence electrons. The van der Waals surface area contributed by atoms with E-state index in [9.17, 15) is 0 Å². The van der Waals surface area contributed by atoms with Crippen molar-refractivity contribution < 1.29 is 0 Å². The lowest BCUT2D eigenvalue weighted by Gasteiger charge is -2.19. The first kappa shape index (κ1) is 35.2. The van der Waals surface area contributed by atoms with Crippen molar-refractivity contribution in [3.63, 3.8) is 0 Å². The Morgan fingerprint density at radius 1 is 0.295 bits per heavy atom. The Bertz CT molecular complexity index is 3630. The van der Waals surface area contributed by atoms with E-state index in [1.165, 1.54) is 80.3 Å². The number of thiophene rings is 1. The van der Waals surface area contributed by atoms with Gasteiger partial charge in [0, 0.05) is 36.9 Å². The lowest BCUT2D eigenvalue weighted by molar-refractivity contribution is 1.18. The number of fused-ring (bicyclic) bond motifs is 7. The fourth-order valence-electron chi connectivity index (χ4n) is 9.36. The van der Waals surface area contributed by atoms with Gasteiger partial charge in [0.1, 0.15) is 0 Å². The third-order valence-corrected chi connectivity index (χ3v) is 13.2. The number of aromatic nitrogens is 2. The number of benzene rings is 10. The lowest BCUT2D eigenvalue weighted by Crippen LogP contribution is -1.97. The third kappa shape index (κ3) is 5.93. The van der Waals surface area contributed by atoms with Gasteiger partial charge in [-0.1, -0.05) is 200 Å². The Balaban J connectivity index is 1.05. The second-order valence-corrected chi connectivity index (χ2v) is 16.7. The highest BCUT2D eigenvalue weighted by molar-refractivity contribution is 7.25. The van der Waals surface area contributed by atoms with Crippen molar-refractivity contribution in [3.8, 4) is 67.3 Å². The molecule has 3 heteroatoms. The van der Waals surface area contributed by atoms with E-state index in [2.05, 4.69) is 212 Å². The van der Waals surface area contributed by atoms with Crippen LogP contribution in [0.4, 0.5) is 0 Å². The van der Waals surface area contributed by atoms with Crippen LogP contribution in [0, 0.1) is 0 Å². The Kier molecular flexibility index (Phi) is 8.39. The summed E-state index contributed by atoms with van der Waals surface area (Å²) in [5, 5.41) is 10.1. The van der Waals surface area contributed by atoms with Crippen molar-refractivity contribution >= 4 is 63.8 Å². The van der Waals surface area contributed by atoms with Gasteiger partial charge in [0.25, 0.3) is 0 Å². The van der Waals surface area contributed by atoms with E-state index >= 15 is 0 Å². The first-order chi connectivity index (χ1) is 30.3.